The van der Waals surface area contributed by atoms with Gasteiger partial charge in [-0.2, -0.15) is 0 Å². The molecule has 0 aliphatic carbocycles. The lowest BCUT2D eigenvalue weighted by atomic mass is 10.3. The number of rotatable bonds is 5. The van der Waals surface area contributed by atoms with E-state index in [2.05, 4.69) is 4.98 Å². The first kappa shape index (κ1) is 13.6. The molecule has 0 unspecified atom stereocenters. The summed E-state index contributed by atoms with van der Waals surface area (Å²) < 4.78 is 12.7. The van der Waals surface area contributed by atoms with Gasteiger partial charge in [-0.05, 0) is 38.2 Å². The summed E-state index contributed by atoms with van der Waals surface area (Å²) in [7, 11) is 0. The van der Waals surface area contributed by atoms with Gasteiger partial charge >= 0.3 is 5.97 Å². The predicted octanol–water partition coefficient (Wildman–Crippen LogP) is 2.66. The van der Waals surface area contributed by atoms with Gasteiger partial charge in [0.2, 0.25) is 0 Å². The lowest BCUT2D eigenvalue weighted by molar-refractivity contribution is -0.143. The molecule has 0 amide bonds. The van der Waals surface area contributed by atoms with Crippen LogP contribution in [0.25, 0.3) is 11.0 Å². The molecule has 0 aliphatic heterocycles. The molecule has 0 aliphatic rings. The van der Waals surface area contributed by atoms with Crippen molar-refractivity contribution in [3.63, 3.8) is 0 Å². The summed E-state index contributed by atoms with van der Waals surface area (Å²) in [4.78, 5) is 14.7. The Kier molecular flexibility index (Phi) is 4.21. The molecule has 0 spiro atoms. The summed E-state index contributed by atoms with van der Waals surface area (Å²) in [5.41, 5.74) is 1.64. The smallest absolute Gasteiger partial charge is 0.326 e. The van der Waals surface area contributed by atoms with E-state index in [0.717, 1.165) is 16.8 Å². The van der Waals surface area contributed by atoms with Gasteiger partial charge < -0.3 is 19.0 Å². The Bertz CT molecular complexity index is 645. The maximum atomic E-state index is 11.6. The molecule has 6 heteroatoms. The molecule has 1 aromatic heterocycles. The number of fused-ring (bicyclic) bond motifs is 1. The summed E-state index contributed by atoms with van der Waals surface area (Å²) in [6, 6.07) is 5.63. The van der Waals surface area contributed by atoms with Gasteiger partial charge in [-0.3, -0.25) is 4.79 Å². The molecule has 2 rings (SSSR count). The second kappa shape index (κ2) is 5.88. The zero-order valence-electron chi connectivity index (χ0n) is 10.9. The molecule has 1 N–H and O–H groups in total. The van der Waals surface area contributed by atoms with E-state index in [9.17, 15) is 4.79 Å². The molecular weight excluding hydrogens is 264 g/mol. The van der Waals surface area contributed by atoms with E-state index in [1.807, 2.05) is 25.1 Å². The highest BCUT2D eigenvalue weighted by molar-refractivity contribution is 7.71. The molecule has 0 saturated heterocycles. The fourth-order valence-electron chi connectivity index (χ4n) is 1.92. The van der Waals surface area contributed by atoms with Crippen LogP contribution in [-0.4, -0.2) is 28.7 Å². The minimum atomic E-state index is -0.304. The lowest BCUT2D eigenvalue weighted by Gasteiger charge is -2.06. The molecule has 0 bridgehead atoms. The van der Waals surface area contributed by atoms with E-state index in [4.69, 9.17) is 21.7 Å². The second-order valence-corrected chi connectivity index (χ2v) is 4.29. The third-order valence-electron chi connectivity index (χ3n) is 2.66. The van der Waals surface area contributed by atoms with Crippen molar-refractivity contribution in [2.75, 3.05) is 13.2 Å². The minimum Gasteiger partial charge on any atom is -0.492 e. The van der Waals surface area contributed by atoms with Crippen molar-refractivity contribution in [3.8, 4) is 5.75 Å². The Morgan fingerprint density at radius 2 is 2.16 bits per heavy atom. The molecule has 0 fully saturated rings. The van der Waals surface area contributed by atoms with Crippen LogP contribution in [0.3, 0.4) is 0 Å². The van der Waals surface area contributed by atoms with E-state index in [1.54, 1.807) is 11.5 Å². The van der Waals surface area contributed by atoms with Gasteiger partial charge in [0.25, 0.3) is 0 Å². The summed E-state index contributed by atoms with van der Waals surface area (Å²) >= 11 is 5.24. The lowest BCUT2D eigenvalue weighted by Crippen LogP contribution is -2.13. The minimum absolute atomic E-state index is 0.0995. The zero-order chi connectivity index (χ0) is 13.8. The molecule has 102 valence electrons. The van der Waals surface area contributed by atoms with Crippen molar-refractivity contribution in [3.05, 3.63) is 23.0 Å². The van der Waals surface area contributed by atoms with E-state index in [0.29, 0.717) is 18.0 Å². The monoisotopic (exact) mass is 280 g/mol. The largest absolute Gasteiger partial charge is 0.492 e. The first-order chi connectivity index (χ1) is 9.17. The number of carbonyl (C=O) groups excluding carboxylic acids is 1. The Hall–Kier alpha value is -1.82. The van der Waals surface area contributed by atoms with Crippen molar-refractivity contribution >= 4 is 29.2 Å². The average molecular weight is 280 g/mol. The van der Waals surface area contributed by atoms with Crippen molar-refractivity contribution in [1.82, 2.24) is 9.55 Å². The van der Waals surface area contributed by atoms with Gasteiger partial charge in [-0.15, -0.1) is 0 Å². The third-order valence-corrected chi connectivity index (χ3v) is 2.99. The highest BCUT2D eigenvalue weighted by Crippen LogP contribution is 2.24. The second-order valence-electron chi connectivity index (χ2n) is 3.90. The quantitative estimate of drug-likeness (QED) is 0.676. The normalized spacial score (nSPS) is 10.6. The highest BCUT2D eigenvalue weighted by atomic mass is 32.1. The maximum absolute atomic E-state index is 11.6. The maximum Gasteiger partial charge on any atom is 0.326 e. The van der Waals surface area contributed by atoms with Crippen LogP contribution in [0.2, 0.25) is 0 Å². The van der Waals surface area contributed by atoms with Crippen molar-refractivity contribution < 1.29 is 14.3 Å². The topological polar surface area (TPSA) is 56.2 Å². The molecule has 2 aromatic rings. The fraction of sp³-hybridized carbons (Fsp3) is 0.385. The summed E-state index contributed by atoms with van der Waals surface area (Å²) in [6.07, 6.45) is 0. The van der Waals surface area contributed by atoms with Crippen LogP contribution in [0.15, 0.2) is 18.2 Å². The Morgan fingerprint density at radius 3 is 2.84 bits per heavy atom. The standard InChI is InChI=1S/C13H16N2O3S/c1-3-17-10-7-5-6-9-12(10)14-13(19)15(9)8-11(16)18-4-2/h5-7H,3-4,8H2,1-2H3,(H,14,19). The number of benzene rings is 1. The number of carbonyl (C=O) groups is 1. The summed E-state index contributed by atoms with van der Waals surface area (Å²) in [5, 5.41) is 0. The number of ether oxygens (including phenoxy) is 2. The first-order valence-corrected chi connectivity index (χ1v) is 6.58. The number of imidazole rings is 1. The number of aromatic amines is 1. The van der Waals surface area contributed by atoms with Crippen molar-refractivity contribution in [1.29, 1.82) is 0 Å². The van der Waals surface area contributed by atoms with E-state index < -0.39 is 0 Å². The van der Waals surface area contributed by atoms with Gasteiger partial charge in [0.05, 0.1) is 18.7 Å². The Morgan fingerprint density at radius 1 is 1.37 bits per heavy atom. The number of esters is 1. The molecule has 5 nitrogen and oxygen atoms in total. The van der Waals surface area contributed by atoms with Crippen LogP contribution in [0.4, 0.5) is 0 Å². The van der Waals surface area contributed by atoms with Crippen molar-refractivity contribution in [2.45, 2.75) is 20.4 Å². The molecule has 0 radical (unpaired) electrons. The molecule has 1 aromatic carbocycles. The third kappa shape index (κ3) is 2.78. The van der Waals surface area contributed by atoms with Crippen LogP contribution in [-0.2, 0) is 16.1 Å². The van der Waals surface area contributed by atoms with E-state index in [1.165, 1.54) is 0 Å². The Labute approximate surface area is 116 Å². The van der Waals surface area contributed by atoms with E-state index >= 15 is 0 Å². The summed E-state index contributed by atoms with van der Waals surface area (Å²) in [5.74, 6) is 0.426. The van der Waals surface area contributed by atoms with Crippen LogP contribution < -0.4 is 4.74 Å². The van der Waals surface area contributed by atoms with Gasteiger partial charge in [0.15, 0.2) is 4.77 Å². The van der Waals surface area contributed by atoms with Gasteiger partial charge in [-0.25, -0.2) is 0 Å². The molecule has 0 saturated carbocycles. The van der Waals surface area contributed by atoms with Crippen LogP contribution in [0, 0.1) is 4.77 Å². The number of nitrogens with zero attached hydrogens (tertiary/aromatic N) is 1. The first-order valence-electron chi connectivity index (χ1n) is 6.17. The SMILES string of the molecule is CCOC(=O)Cn1c(=S)[nH]c2c(OCC)cccc21. The van der Waals surface area contributed by atoms with Crippen LogP contribution >= 0.6 is 12.2 Å². The van der Waals surface area contributed by atoms with Gasteiger partial charge in [0.1, 0.15) is 17.8 Å². The Balaban J connectivity index is 2.45. The predicted molar refractivity (Wildman–Crippen MR) is 74.9 cm³/mol. The van der Waals surface area contributed by atoms with Gasteiger partial charge in [0, 0.05) is 0 Å². The van der Waals surface area contributed by atoms with Crippen LogP contribution in [0.5, 0.6) is 5.75 Å². The number of hydrogen-bond acceptors (Lipinski definition) is 4. The zero-order valence-corrected chi connectivity index (χ0v) is 11.8. The fourth-order valence-corrected chi connectivity index (χ4v) is 2.19. The molecule has 19 heavy (non-hydrogen) atoms. The van der Waals surface area contributed by atoms with E-state index in [-0.39, 0.29) is 12.5 Å². The highest BCUT2D eigenvalue weighted by Gasteiger charge is 2.12. The summed E-state index contributed by atoms with van der Waals surface area (Å²) in [6.45, 7) is 4.73. The average Bonchev–Trinajstić information content (AvgIpc) is 2.68. The number of hydrogen-bond donors (Lipinski definition) is 1. The molecular formula is C13H16N2O3S. The molecule has 1 heterocycles. The molecule has 0 atom stereocenters. The number of H-pyrrole nitrogens is 1. The van der Waals surface area contributed by atoms with Crippen LogP contribution in [0.1, 0.15) is 13.8 Å². The number of aromatic nitrogens is 2. The van der Waals surface area contributed by atoms with Gasteiger partial charge in [-0.1, -0.05) is 6.07 Å². The van der Waals surface area contributed by atoms with Crippen molar-refractivity contribution in [2.24, 2.45) is 0 Å². The number of para-hydroxylation sites is 1. The number of nitrogens with one attached hydrogen (secondary N) is 1.